The standard InChI is InChI=1S/C15H17NO/c1-10-3-4-13-9-14(6-5-12(13)7-10)15(17)8-11(2)16/h3-7,9,11H,8,16H2,1-2H3. The fraction of sp³-hybridized carbons (Fsp3) is 0.267. The Morgan fingerprint density at radius 3 is 2.53 bits per heavy atom. The van der Waals surface area contributed by atoms with Crippen LogP contribution in [0.15, 0.2) is 36.4 Å². The van der Waals surface area contributed by atoms with E-state index in [9.17, 15) is 4.79 Å². The van der Waals surface area contributed by atoms with Crippen LogP contribution in [0.2, 0.25) is 0 Å². The zero-order valence-electron chi connectivity index (χ0n) is 10.2. The molecule has 0 aliphatic rings. The summed E-state index contributed by atoms with van der Waals surface area (Å²) in [6.45, 7) is 3.91. The number of fused-ring (bicyclic) bond motifs is 1. The molecule has 0 bridgehead atoms. The van der Waals surface area contributed by atoms with Gasteiger partial charge in [-0.05, 0) is 30.7 Å². The Morgan fingerprint density at radius 2 is 1.82 bits per heavy atom. The predicted molar refractivity (Wildman–Crippen MR) is 71.3 cm³/mol. The van der Waals surface area contributed by atoms with Gasteiger partial charge in [0.2, 0.25) is 0 Å². The van der Waals surface area contributed by atoms with E-state index in [1.807, 2.05) is 31.2 Å². The molecule has 0 radical (unpaired) electrons. The van der Waals surface area contributed by atoms with Crippen LogP contribution < -0.4 is 5.73 Å². The first kappa shape index (κ1) is 11.8. The molecule has 0 fully saturated rings. The monoisotopic (exact) mass is 227 g/mol. The lowest BCUT2D eigenvalue weighted by Gasteiger charge is -2.06. The highest BCUT2D eigenvalue weighted by atomic mass is 16.1. The van der Waals surface area contributed by atoms with Gasteiger partial charge in [-0.15, -0.1) is 0 Å². The summed E-state index contributed by atoms with van der Waals surface area (Å²) in [6.07, 6.45) is 0.400. The van der Waals surface area contributed by atoms with Crippen molar-refractivity contribution in [1.82, 2.24) is 0 Å². The van der Waals surface area contributed by atoms with Gasteiger partial charge in [0.1, 0.15) is 0 Å². The molecule has 1 unspecified atom stereocenters. The largest absolute Gasteiger partial charge is 0.328 e. The van der Waals surface area contributed by atoms with Crippen LogP contribution in [-0.4, -0.2) is 11.8 Å². The molecule has 0 saturated carbocycles. The Hall–Kier alpha value is -1.67. The van der Waals surface area contributed by atoms with Gasteiger partial charge in [0.05, 0.1) is 0 Å². The van der Waals surface area contributed by atoms with E-state index in [-0.39, 0.29) is 11.8 Å². The van der Waals surface area contributed by atoms with Crippen molar-refractivity contribution in [3.8, 4) is 0 Å². The van der Waals surface area contributed by atoms with Crippen molar-refractivity contribution < 1.29 is 4.79 Å². The Bertz CT molecular complexity index is 558. The molecule has 88 valence electrons. The lowest BCUT2D eigenvalue weighted by atomic mass is 10.00. The molecule has 2 aromatic rings. The third-order valence-electron chi connectivity index (χ3n) is 2.83. The summed E-state index contributed by atoms with van der Waals surface area (Å²) < 4.78 is 0. The van der Waals surface area contributed by atoms with Crippen LogP contribution >= 0.6 is 0 Å². The van der Waals surface area contributed by atoms with E-state index in [2.05, 4.69) is 19.1 Å². The molecule has 0 heterocycles. The van der Waals surface area contributed by atoms with E-state index in [0.29, 0.717) is 6.42 Å². The fourth-order valence-corrected chi connectivity index (χ4v) is 1.95. The number of rotatable bonds is 3. The average molecular weight is 227 g/mol. The van der Waals surface area contributed by atoms with Gasteiger partial charge in [-0.2, -0.15) is 0 Å². The molecular formula is C15H17NO. The second-order valence-corrected chi connectivity index (χ2v) is 4.67. The average Bonchev–Trinajstić information content (AvgIpc) is 2.27. The Kier molecular flexibility index (Phi) is 3.25. The molecule has 0 saturated heterocycles. The lowest BCUT2D eigenvalue weighted by Crippen LogP contribution is -2.19. The maximum Gasteiger partial charge on any atom is 0.164 e. The maximum absolute atomic E-state index is 11.9. The van der Waals surface area contributed by atoms with Crippen LogP contribution in [0.3, 0.4) is 0 Å². The van der Waals surface area contributed by atoms with Crippen molar-refractivity contribution in [1.29, 1.82) is 0 Å². The van der Waals surface area contributed by atoms with Crippen molar-refractivity contribution in [2.75, 3.05) is 0 Å². The van der Waals surface area contributed by atoms with Gasteiger partial charge >= 0.3 is 0 Å². The van der Waals surface area contributed by atoms with Crippen molar-refractivity contribution >= 4 is 16.6 Å². The molecule has 2 aromatic carbocycles. The van der Waals surface area contributed by atoms with Crippen LogP contribution in [0.4, 0.5) is 0 Å². The second kappa shape index (κ2) is 4.68. The smallest absolute Gasteiger partial charge is 0.164 e. The number of benzene rings is 2. The maximum atomic E-state index is 11.9. The van der Waals surface area contributed by atoms with Crippen LogP contribution in [0.25, 0.3) is 10.8 Å². The van der Waals surface area contributed by atoms with E-state index in [1.165, 1.54) is 10.9 Å². The van der Waals surface area contributed by atoms with Crippen LogP contribution in [0, 0.1) is 6.92 Å². The number of hydrogen-bond donors (Lipinski definition) is 1. The molecule has 17 heavy (non-hydrogen) atoms. The topological polar surface area (TPSA) is 43.1 Å². The number of aryl methyl sites for hydroxylation is 1. The Labute approximate surface area is 101 Å². The number of carbonyl (C=O) groups is 1. The number of hydrogen-bond acceptors (Lipinski definition) is 2. The number of Topliss-reactive ketones (excluding diaryl/α,β-unsaturated/α-hetero) is 1. The van der Waals surface area contributed by atoms with E-state index in [0.717, 1.165) is 10.9 Å². The fourth-order valence-electron chi connectivity index (χ4n) is 1.95. The summed E-state index contributed by atoms with van der Waals surface area (Å²) in [5.74, 6) is 0.113. The first-order valence-electron chi connectivity index (χ1n) is 5.85. The summed E-state index contributed by atoms with van der Waals surface area (Å²) in [6, 6.07) is 12.0. The Balaban J connectivity index is 2.38. The molecule has 0 aromatic heterocycles. The minimum absolute atomic E-state index is 0.0868. The summed E-state index contributed by atoms with van der Waals surface area (Å²) in [5, 5.41) is 2.27. The van der Waals surface area contributed by atoms with Gasteiger partial charge in [0.25, 0.3) is 0 Å². The van der Waals surface area contributed by atoms with E-state index < -0.39 is 0 Å². The molecule has 0 amide bonds. The summed E-state index contributed by atoms with van der Waals surface area (Å²) in [7, 11) is 0. The molecule has 2 N–H and O–H groups in total. The first-order chi connectivity index (χ1) is 8.06. The second-order valence-electron chi connectivity index (χ2n) is 4.67. The zero-order chi connectivity index (χ0) is 12.4. The third kappa shape index (κ3) is 2.71. The van der Waals surface area contributed by atoms with Crippen LogP contribution in [0.5, 0.6) is 0 Å². The summed E-state index contributed by atoms with van der Waals surface area (Å²) in [5.41, 5.74) is 7.62. The van der Waals surface area contributed by atoms with Gasteiger partial charge in [-0.1, -0.05) is 35.9 Å². The lowest BCUT2D eigenvalue weighted by molar-refractivity contribution is 0.0976. The highest BCUT2D eigenvalue weighted by Crippen LogP contribution is 2.18. The molecule has 0 aliphatic carbocycles. The highest BCUT2D eigenvalue weighted by molar-refractivity contribution is 6.00. The van der Waals surface area contributed by atoms with Gasteiger partial charge in [0, 0.05) is 18.0 Å². The molecule has 0 spiro atoms. The minimum Gasteiger partial charge on any atom is -0.328 e. The third-order valence-corrected chi connectivity index (χ3v) is 2.83. The van der Waals surface area contributed by atoms with Crippen molar-refractivity contribution in [2.24, 2.45) is 5.73 Å². The van der Waals surface area contributed by atoms with E-state index >= 15 is 0 Å². The van der Waals surface area contributed by atoms with Gasteiger partial charge in [0.15, 0.2) is 5.78 Å². The van der Waals surface area contributed by atoms with Gasteiger partial charge in [-0.25, -0.2) is 0 Å². The number of nitrogens with two attached hydrogens (primary N) is 1. The first-order valence-corrected chi connectivity index (χ1v) is 5.85. The zero-order valence-corrected chi connectivity index (χ0v) is 10.2. The van der Waals surface area contributed by atoms with Crippen LogP contribution in [0.1, 0.15) is 29.3 Å². The minimum atomic E-state index is -0.0868. The van der Waals surface area contributed by atoms with Crippen molar-refractivity contribution in [3.63, 3.8) is 0 Å². The van der Waals surface area contributed by atoms with Gasteiger partial charge in [-0.3, -0.25) is 4.79 Å². The molecule has 0 aliphatic heterocycles. The van der Waals surface area contributed by atoms with Crippen molar-refractivity contribution in [2.45, 2.75) is 26.3 Å². The molecule has 2 rings (SSSR count). The SMILES string of the molecule is Cc1ccc2cc(C(=O)CC(C)N)ccc2c1. The summed E-state index contributed by atoms with van der Waals surface area (Å²) >= 11 is 0. The summed E-state index contributed by atoms with van der Waals surface area (Å²) in [4.78, 5) is 11.9. The molecule has 2 nitrogen and oxygen atoms in total. The van der Waals surface area contributed by atoms with Gasteiger partial charge < -0.3 is 5.73 Å². The molecular weight excluding hydrogens is 210 g/mol. The highest BCUT2D eigenvalue weighted by Gasteiger charge is 2.08. The van der Waals surface area contributed by atoms with E-state index in [4.69, 9.17) is 5.73 Å². The number of carbonyl (C=O) groups excluding carboxylic acids is 1. The Morgan fingerprint density at radius 1 is 1.18 bits per heavy atom. The molecule has 1 atom stereocenters. The predicted octanol–water partition coefficient (Wildman–Crippen LogP) is 3.07. The molecule has 2 heteroatoms. The van der Waals surface area contributed by atoms with Crippen molar-refractivity contribution in [3.05, 3.63) is 47.5 Å². The quantitative estimate of drug-likeness (QED) is 0.819. The van der Waals surface area contributed by atoms with Crippen LogP contribution in [-0.2, 0) is 0 Å². The normalized spacial score (nSPS) is 12.6. The number of ketones is 1. The van der Waals surface area contributed by atoms with E-state index in [1.54, 1.807) is 0 Å².